The van der Waals surface area contributed by atoms with Gasteiger partial charge < -0.3 is 31.3 Å². The van der Waals surface area contributed by atoms with Gasteiger partial charge >= 0.3 is 0 Å². The van der Waals surface area contributed by atoms with E-state index in [0.717, 1.165) is 19.3 Å². The second-order valence-corrected chi connectivity index (χ2v) is 13.1. The summed E-state index contributed by atoms with van der Waals surface area (Å²) in [5, 5.41) is 57.5. The number of carbonyl (C=O) groups excluding carboxylic acids is 3. The van der Waals surface area contributed by atoms with Gasteiger partial charge in [0.05, 0.1) is 23.6 Å². The number of primary amides is 1. The molecule has 0 spiro atoms. The van der Waals surface area contributed by atoms with Crippen molar-refractivity contribution in [3.8, 4) is 5.75 Å². The van der Waals surface area contributed by atoms with Crippen LogP contribution in [0.5, 0.6) is 5.75 Å². The van der Waals surface area contributed by atoms with E-state index in [4.69, 9.17) is 5.73 Å². The molecule has 1 amide bonds. The van der Waals surface area contributed by atoms with E-state index in [-0.39, 0.29) is 11.3 Å². The number of benzene rings is 1. The molecule has 4 rings (SSSR count). The lowest BCUT2D eigenvalue weighted by Gasteiger charge is -2.53. The van der Waals surface area contributed by atoms with Crippen LogP contribution in [0.25, 0.3) is 0 Å². The van der Waals surface area contributed by atoms with E-state index in [9.17, 15) is 39.9 Å². The molecule has 3 aliphatic rings. The van der Waals surface area contributed by atoms with Gasteiger partial charge in [-0.05, 0) is 43.3 Å². The van der Waals surface area contributed by atoms with Crippen molar-refractivity contribution in [1.29, 1.82) is 0 Å². The van der Waals surface area contributed by atoms with Crippen LogP contribution in [-0.2, 0) is 15.0 Å². The second-order valence-electron chi connectivity index (χ2n) is 13.1. The zero-order valence-electron chi connectivity index (χ0n) is 24.7. The normalized spacial score (nSPS) is 30.1. The van der Waals surface area contributed by atoms with Gasteiger partial charge in [0.25, 0.3) is 5.91 Å². The minimum atomic E-state index is -2.92. The first kappa shape index (κ1) is 30.7. The number of phenolic OH excluding ortho intramolecular Hbond substituents is 1. The number of likely N-dealkylation sites (N-methyl/N-ethyl adjacent to an activating group) is 1. The monoisotopic (exact) mass is 570 g/mol. The smallest absolute Gasteiger partial charge is 0.255 e. The molecule has 6 unspecified atom stereocenters. The van der Waals surface area contributed by atoms with Crippen molar-refractivity contribution in [1.82, 2.24) is 4.90 Å². The van der Waals surface area contributed by atoms with Gasteiger partial charge in [0.1, 0.15) is 22.8 Å². The summed E-state index contributed by atoms with van der Waals surface area (Å²) in [5.74, 6) is -8.26. The van der Waals surface area contributed by atoms with Gasteiger partial charge in [-0.1, -0.05) is 59.6 Å². The maximum atomic E-state index is 14.1. The second kappa shape index (κ2) is 10.3. The zero-order chi connectivity index (χ0) is 30.9. The van der Waals surface area contributed by atoms with Crippen molar-refractivity contribution in [3.63, 3.8) is 0 Å². The minimum Gasteiger partial charge on any atom is -0.510 e. The molecule has 1 aromatic carbocycles. The molecule has 10 nitrogen and oxygen atoms in total. The third-order valence-electron chi connectivity index (χ3n) is 9.44. The molecule has 0 aromatic heterocycles. The van der Waals surface area contributed by atoms with Crippen molar-refractivity contribution in [2.75, 3.05) is 14.1 Å². The Morgan fingerprint density at radius 1 is 1.15 bits per heavy atom. The summed E-state index contributed by atoms with van der Waals surface area (Å²) >= 11 is 0. The molecule has 41 heavy (non-hydrogen) atoms. The lowest BCUT2D eigenvalue weighted by molar-refractivity contribution is -0.162. The minimum absolute atomic E-state index is 0.0556. The van der Waals surface area contributed by atoms with E-state index in [0.29, 0.717) is 17.0 Å². The highest BCUT2D eigenvalue weighted by Gasteiger charge is 2.67. The van der Waals surface area contributed by atoms with Gasteiger partial charge in [-0.3, -0.25) is 19.3 Å². The predicted octanol–water partition coefficient (Wildman–Crippen LogP) is 2.76. The maximum Gasteiger partial charge on any atom is 0.255 e. The number of aliphatic hydroxyl groups is 4. The Morgan fingerprint density at radius 2 is 1.76 bits per heavy atom. The number of ketones is 2. The molecule has 0 bridgehead atoms. The Hall–Kier alpha value is -3.21. The van der Waals surface area contributed by atoms with Gasteiger partial charge in [0.2, 0.25) is 5.78 Å². The Labute approximate surface area is 240 Å². The van der Waals surface area contributed by atoms with Gasteiger partial charge in [0, 0.05) is 17.1 Å². The number of nitrogens with two attached hydrogens (primary N) is 1. The van der Waals surface area contributed by atoms with Gasteiger partial charge in [-0.2, -0.15) is 0 Å². The number of aromatic hydroxyl groups is 1. The molecule has 224 valence electrons. The van der Waals surface area contributed by atoms with Crippen molar-refractivity contribution in [2.45, 2.75) is 83.0 Å². The van der Waals surface area contributed by atoms with E-state index < -0.39 is 81.1 Å². The van der Waals surface area contributed by atoms with Gasteiger partial charge in [0.15, 0.2) is 11.4 Å². The SMILES string of the molecule is CC(C)CCCC(C)(C)c1ccc2c(c1O)C(=O)C1=C(O)C3(O)C(=O)C(C(N)=O)=C(O)C(N(C)C)C3C(O)C1C2C. The van der Waals surface area contributed by atoms with Crippen LogP contribution in [0.15, 0.2) is 34.8 Å². The summed E-state index contributed by atoms with van der Waals surface area (Å²) < 4.78 is 0. The van der Waals surface area contributed by atoms with E-state index >= 15 is 0 Å². The van der Waals surface area contributed by atoms with Gasteiger partial charge in [-0.25, -0.2) is 0 Å². The lowest BCUT2D eigenvalue weighted by atomic mass is 9.55. The van der Waals surface area contributed by atoms with Gasteiger partial charge in [-0.15, -0.1) is 0 Å². The average molecular weight is 571 g/mol. The van der Waals surface area contributed by atoms with E-state index in [1.165, 1.54) is 19.0 Å². The van der Waals surface area contributed by atoms with Crippen molar-refractivity contribution >= 4 is 17.5 Å². The van der Waals surface area contributed by atoms with Crippen molar-refractivity contribution in [3.05, 3.63) is 51.5 Å². The fourth-order valence-electron chi connectivity index (χ4n) is 7.26. The molecule has 1 aromatic rings. The third-order valence-corrected chi connectivity index (χ3v) is 9.44. The highest BCUT2D eigenvalue weighted by Crippen LogP contribution is 2.56. The highest BCUT2D eigenvalue weighted by molar-refractivity contribution is 6.25. The topological polar surface area (TPSA) is 182 Å². The molecular weight excluding hydrogens is 528 g/mol. The largest absolute Gasteiger partial charge is 0.510 e. The standard InChI is InChI=1S/C31H42N2O8/c1-13(2)9-8-12-30(4,5)16-11-10-15-14(3)17-19(24(35)18(15)23(16)34)27(38)31(41)21(25(17)36)22(33(6)7)26(37)20(28(31)39)29(32)40/h10-11,13-14,17,21-22,25,34,36-38,41H,8-9,12H2,1-7H3,(H2,32,40). The Balaban J connectivity index is 1.92. The molecule has 3 aliphatic carbocycles. The summed E-state index contributed by atoms with van der Waals surface area (Å²) in [6, 6.07) is 2.25. The Morgan fingerprint density at radius 3 is 2.29 bits per heavy atom. The number of Topliss-reactive ketones (excluding diaryl/α,β-unsaturated/α-hetero) is 2. The third kappa shape index (κ3) is 4.38. The molecular formula is C31H42N2O8. The van der Waals surface area contributed by atoms with Crippen LogP contribution in [0.1, 0.15) is 81.3 Å². The quantitative estimate of drug-likeness (QED) is 0.269. The molecule has 0 heterocycles. The van der Waals surface area contributed by atoms with E-state index in [1.54, 1.807) is 19.1 Å². The van der Waals surface area contributed by atoms with Crippen LogP contribution in [0.2, 0.25) is 0 Å². The Bertz CT molecular complexity index is 1370. The summed E-state index contributed by atoms with van der Waals surface area (Å²) in [5.41, 5.74) is 1.60. The van der Waals surface area contributed by atoms with E-state index in [1.807, 2.05) is 13.8 Å². The van der Waals surface area contributed by atoms with Crippen LogP contribution in [0.3, 0.4) is 0 Å². The molecule has 0 fully saturated rings. The van der Waals surface area contributed by atoms with Crippen LogP contribution in [-0.4, -0.2) is 79.7 Å². The predicted molar refractivity (Wildman–Crippen MR) is 151 cm³/mol. The average Bonchev–Trinajstić information content (AvgIpc) is 2.85. The molecule has 0 saturated carbocycles. The summed E-state index contributed by atoms with van der Waals surface area (Å²) in [6.45, 7) is 9.96. The first-order chi connectivity index (χ1) is 18.9. The summed E-state index contributed by atoms with van der Waals surface area (Å²) in [6.07, 6.45) is 1.06. The summed E-state index contributed by atoms with van der Waals surface area (Å²) in [4.78, 5) is 41.2. The number of rotatable bonds is 7. The fourth-order valence-corrected chi connectivity index (χ4v) is 7.26. The fraction of sp³-hybridized carbons (Fsp3) is 0.581. The van der Waals surface area contributed by atoms with Crippen LogP contribution < -0.4 is 5.73 Å². The number of hydrogen-bond donors (Lipinski definition) is 6. The number of hydrogen-bond acceptors (Lipinski definition) is 9. The molecule has 0 aliphatic heterocycles. The Kier molecular flexibility index (Phi) is 7.69. The number of carbonyl (C=O) groups is 3. The zero-order valence-corrected chi connectivity index (χ0v) is 24.7. The lowest BCUT2D eigenvalue weighted by Crippen LogP contribution is -2.68. The number of nitrogens with zero attached hydrogens (tertiary/aromatic N) is 1. The maximum absolute atomic E-state index is 14.1. The molecule has 0 saturated heterocycles. The van der Waals surface area contributed by atoms with Crippen LogP contribution in [0.4, 0.5) is 0 Å². The van der Waals surface area contributed by atoms with E-state index in [2.05, 4.69) is 13.8 Å². The summed E-state index contributed by atoms with van der Waals surface area (Å²) in [7, 11) is 3.01. The van der Waals surface area contributed by atoms with Crippen LogP contribution in [0, 0.1) is 17.8 Å². The molecule has 10 heteroatoms. The van der Waals surface area contributed by atoms with Crippen molar-refractivity contribution in [2.24, 2.45) is 23.5 Å². The molecule has 6 atom stereocenters. The highest BCUT2D eigenvalue weighted by atomic mass is 16.4. The number of amides is 1. The number of aliphatic hydroxyl groups excluding tert-OH is 3. The first-order valence-corrected chi connectivity index (χ1v) is 14.1. The molecule has 7 N–H and O–H groups in total. The number of fused-ring (bicyclic) bond motifs is 3. The van der Waals surface area contributed by atoms with Crippen molar-refractivity contribution < 1.29 is 39.9 Å². The number of phenols is 1. The molecule has 0 radical (unpaired) electrons. The van der Waals surface area contributed by atoms with Crippen LogP contribution >= 0.6 is 0 Å². The first-order valence-electron chi connectivity index (χ1n) is 14.1.